The first-order chi connectivity index (χ1) is 14.2. The van der Waals surface area contributed by atoms with E-state index in [-0.39, 0.29) is 27.6 Å². The summed E-state index contributed by atoms with van der Waals surface area (Å²) in [6, 6.07) is 5.36. The Morgan fingerprint density at radius 1 is 1.07 bits per heavy atom. The highest BCUT2D eigenvalue weighted by Crippen LogP contribution is 2.33. The largest absolute Gasteiger partial charge is 0.360 e. The van der Waals surface area contributed by atoms with E-state index >= 15 is 0 Å². The van der Waals surface area contributed by atoms with E-state index in [0.717, 1.165) is 12.1 Å². The van der Waals surface area contributed by atoms with Crippen LogP contribution in [0.15, 0.2) is 34.9 Å². The molecule has 0 saturated heterocycles. The van der Waals surface area contributed by atoms with Gasteiger partial charge in [-0.15, -0.1) is 0 Å². The molecule has 3 aromatic rings. The number of nitrogens with zero attached hydrogens (tertiary/aromatic N) is 1. The zero-order valence-corrected chi connectivity index (χ0v) is 15.9. The first-order valence-electron chi connectivity index (χ1n) is 8.33. The number of hydrogen-bond acceptors (Lipinski definition) is 4. The Labute approximate surface area is 171 Å². The lowest BCUT2D eigenvalue weighted by molar-refractivity contribution is -0.115. The molecule has 0 spiro atoms. The third-order valence-corrected chi connectivity index (χ3v) is 4.32. The van der Waals surface area contributed by atoms with Gasteiger partial charge in [0.2, 0.25) is 5.91 Å². The van der Waals surface area contributed by atoms with Gasteiger partial charge in [-0.2, -0.15) is 0 Å². The normalized spacial score (nSPS) is 10.7. The number of benzene rings is 2. The summed E-state index contributed by atoms with van der Waals surface area (Å²) >= 11 is 6.00. The van der Waals surface area contributed by atoms with Crippen molar-refractivity contribution in [3.63, 3.8) is 0 Å². The van der Waals surface area contributed by atoms with E-state index in [1.54, 1.807) is 0 Å². The number of carbonyl (C=O) groups is 2. The van der Waals surface area contributed by atoms with Crippen molar-refractivity contribution >= 4 is 29.1 Å². The molecule has 156 valence electrons. The molecule has 6 nitrogen and oxygen atoms in total. The molecule has 0 radical (unpaired) electrons. The van der Waals surface area contributed by atoms with Crippen LogP contribution in [0.4, 0.5) is 23.2 Å². The van der Waals surface area contributed by atoms with Crippen LogP contribution in [0.25, 0.3) is 11.3 Å². The molecule has 0 bridgehead atoms. The van der Waals surface area contributed by atoms with Gasteiger partial charge < -0.3 is 15.2 Å². The molecular weight excluding hydrogens is 430 g/mol. The first-order valence-corrected chi connectivity index (χ1v) is 8.70. The molecule has 1 aromatic heterocycles. The van der Waals surface area contributed by atoms with Crippen LogP contribution < -0.4 is 10.6 Å². The second-order valence-electron chi connectivity index (χ2n) is 6.01. The molecule has 2 amide bonds. The number of amides is 2. The standard InChI is InChI=1S/C19H12ClF4N3O3/c1-8-14(18(27-30-8)15-9(20)3-2-4-10(15)21)19(29)25-7-13(28)26-12-6-5-11(22)16(23)17(12)24/h2-6H,7H2,1H3,(H,25,29)(H,26,28). The lowest BCUT2D eigenvalue weighted by Crippen LogP contribution is -2.33. The molecule has 0 saturated carbocycles. The summed E-state index contributed by atoms with van der Waals surface area (Å²) < 4.78 is 58.9. The van der Waals surface area contributed by atoms with E-state index in [1.165, 1.54) is 19.1 Å². The number of aromatic nitrogens is 1. The van der Waals surface area contributed by atoms with Crippen LogP contribution in [-0.4, -0.2) is 23.5 Å². The molecule has 1 heterocycles. The van der Waals surface area contributed by atoms with Crippen molar-refractivity contribution in [2.24, 2.45) is 0 Å². The second-order valence-corrected chi connectivity index (χ2v) is 6.42. The minimum absolute atomic E-state index is 0.0103. The lowest BCUT2D eigenvalue weighted by Gasteiger charge is -2.09. The van der Waals surface area contributed by atoms with Crippen LogP contribution in [0.1, 0.15) is 16.1 Å². The maximum absolute atomic E-state index is 14.2. The van der Waals surface area contributed by atoms with Crippen LogP contribution >= 0.6 is 11.6 Å². The molecule has 11 heteroatoms. The Hall–Kier alpha value is -3.40. The maximum atomic E-state index is 14.2. The minimum Gasteiger partial charge on any atom is -0.360 e. The summed E-state index contributed by atoms with van der Waals surface area (Å²) in [4.78, 5) is 24.5. The lowest BCUT2D eigenvalue weighted by atomic mass is 10.0. The predicted molar refractivity (Wildman–Crippen MR) is 98.9 cm³/mol. The zero-order chi connectivity index (χ0) is 22.0. The summed E-state index contributed by atoms with van der Waals surface area (Å²) in [5, 5.41) is 7.89. The third kappa shape index (κ3) is 4.13. The van der Waals surface area contributed by atoms with Gasteiger partial charge in [0.05, 0.1) is 22.8 Å². The molecule has 0 aliphatic rings. The molecule has 0 fully saturated rings. The van der Waals surface area contributed by atoms with Crippen molar-refractivity contribution in [2.45, 2.75) is 6.92 Å². The highest BCUT2D eigenvalue weighted by molar-refractivity contribution is 6.33. The summed E-state index contributed by atoms with van der Waals surface area (Å²) in [6.45, 7) is 0.739. The number of hydrogen-bond donors (Lipinski definition) is 2. The first kappa shape index (κ1) is 21.3. The summed E-state index contributed by atoms with van der Waals surface area (Å²) in [7, 11) is 0. The number of nitrogens with one attached hydrogen (secondary N) is 2. The van der Waals surface area contributed by atoms with Gasteiger partial charge in [0, 0.05) is 0 Å². The Kier molecular flexibility index (Phi) is 6.06. The van der Waals surface area contributed by atoms with E-state index in [4.69, 9.17) is 16.1 Å². The van der Waals surface area contributed by atoms with Gasteiger partial charge in [0.15, 0.2) is 17.5 Å². The van der Waals surface area contributed by atoms with E-state index < -0.39 is 47.3 Å². The van der Waals surface area contributed by atoms with Crippen molar-refractivity contribution in [2.75, 3.05) is 11.9 Å². The SMILES string of the molecule is Cc1onc(-c2c(F)cccc2Cl)c1C(=O)NCC(=O)Nc1ccc(F)c(F)c1F. The fourth-order valence-electron chi connectivity index (χ4n) is 2.60. The Balaban J connectivity index is 1.76. The van der Waals surface area contributed by atoms with Crippen molar-refractivity contribution in [1.29, 1.82) is 0 Å². The quantitative estimate of drug-likeness (QED) is 0.458. The average Bonchev–Trinajstić information content (AvgIpc) is 3.07. The van der Waals surface area contributed by atoms with Gasteiger partial charge >= 0.3 is 0 Å². The van der Waals surface area contributed by atoms with E-state index in [2.05, 4.69) is 10.5 Å². The van der Waals surface area contributed by atoms with Crippen molar-refractivity contribution < 1.29 is 31.7 Å². The molecule has 0 aliphatic heterocycles. The third-order valence-electron chi connectivity index (χ3n) is 4.01. The molecule has 30 heavy (non-hydrogen) atoms. The summed E-state index contributed by atoms with van der Waals surface area (Å²) in [5.41, 5.74) is -1.09. The molecule has 3 rings (SSSR count). The van der Waals surface area contributed by atoms with E-state index in [9.17, 15) is 27.2 Å². The average molecular weight is 442 g/mol. The molecule has 2 N–H and O–H groups in total. The molecule has 0 unspecified atom stereocenters. The van der Waals surface area contributed by atoms with Gasteiger partial charge in [-0.3, -0.25) is 9.59 Å². The van der Waals surface area contributed by atoms with Crippen LogP contribution in [0, 0.1) is 30.2 Å². The summed E-state index contributed by atoms with van der Waals surface area (Å²) in [6.07, 6.45) is 0. The molecule has 0 atom stereocenters. The Morgan fingerprint density at radius 3 is 2.50 bits per heavy atom. The van der Waals surface area contributed by atoms with Crippen LogP contribution in [-0.2, 0) is 4.79 Å². The summed E-state index contributed by atoms with van der Waals surface area (Å²) in [5.74, 6) is -7.22. The zero-order valence-electron chi connectivity index (χ0n) is 15.2. The molecule has 2 aromatic carbocycles. The Morgan fingerprint density at radius 2 is 1.80 bits per heavy atom. The number of rotatable bonds is 5. The fourth-order valence-corrected chi connectivity index (χ4v) is 2.85. The predicted octanol–water partition coefficient (Wildman–Crippen LogP) is 4.23. The van der Waals surface area contributed by atoms with E-state index in [1.807, 2.05) is 5.32 Å². The number of carbonyl (C=O) groups excluding carboxylic acids is 2. The number of aryl methyl sites for hydroxylation is 1. The van der Waals surface area contributed by atoms with Crippen molar-refractivity contribution in [3.8, 4) is 11.3 Å². The maximum Gasteiger partial charge on any atom is 0.257 e. The van der Waals surface area contributed by atoms with Crippen LogP contribution in [0.5, 0.6) is 0 Å². The van der Waals surface area contributed by atoms with Gasteiger partial charge in [0.25, 0.3) is 5.91 Å². The Bertz CT molecular complexity index is 1130. The highest BCUT2D eigenvalue weighted by atomic mass is 35.5. The van der Waals surface area contributed by atoms with Crippen molar-refractivity contribution in [3.05, 3.63) is 69.9 Å². The van der Waals surface area contributed by atoms with Gasteiger partial charge in [-0.1, -0.05) is 22.8 Å². The van der Waals surface area contributed by atoms with Crippen LogP contribution in [0.2, 0.25) is 5.02 Å². The molecule has 0 aliphatic carbocycles. The van der Waals surface area contributed by atoms with Crippen molar-refractivity contribution in [1.82, 2.24) is 10.5 Å². The highest BCUT2D eigenvalue weighted by Gasteiger charge is 2.25. The van der Waals surface area contributed by atoms with Gasteiger partial charge in [-0.25, -0.2) is 17.6 Å². The van der Waals surface area contributed by atoms with Crippen LogP contribution in [0.3, 0.4) is 0 Å². The number of anilines is 1. The topological polar surface area (TPSA) is 84.2 Å². The van der Waals surface area contributed by atoms with Gasteiger partial charge in [-0.05, 0) is 31.2 Å². The second kappa shape index (κ2) is 8.54. The smallest absolute Gasteiger partial charge is 0.257 e. The van der Waals surface area contributed by atoms with Gasteiger partial charge in [0.1, 0.15) is 22.8 Å². The minimum atomic E-state index is -1.75. The monoisotopic (exact) mass is 441 g/mol. The van der Waals surface area contributed by atoms with E-state index in [0.29, 0.717) is 6.07 Å². The molecular formula is C19H12ClF4N3O3. The fraction of sp³-hybridized carbons (Fsp3) is 0.105. The number of halogens is 5.